The molecule has 2 heterocycles. The highest BCUT2D eigenvalue weighted by atomic mass is 16.5. The first-order valence-corrected chi connectivity index (χ1v) is 6.70. The molecule has 1 aliphatic rings. The van der Waals surface area contributed by atoms with Crippen LogP contribution in [0.4, 0.5) is 0 Å². The Bertz CT molecular complexity index is 635. The Labute approximate surface area is 118 Å². The molecule has 1 unspecified atom stereocenters. The number of hydrogen-bond acceptors (Lipinski definition) is 5. The molecule has 0 saturated carbocycles. The van der Waals surface area contributed by atoms with Crippen molar-refractivity contribution < 1.29 is 4.74 Å². The van der Waals surface area contributed by atoms with E-state index in [-0.39, 0.29) is 6.04 Å². The lowest BCUT2D eigenvalue weighted by atomic mass is 10.0. The van der Waals surface area contributed by atoms with Crippen LogP contribution in [0.5, 0.6) is 0 Å². The molecule has 0 aliphatic carbocycles. The van der Waals surface area contributed by atoms with Crippen LogP contribution in [0.2, 0.25) is 0 Å². The van der Waals surface area contributed by atoms with Crippen molar-refractivity contribution in [1.29, 1.82) is 0 Å². The first-order chi connectivity index (χ1) is 9.81. The topological polar surface area (TPSA) is 63.7 Å². The first kappa shape index (κ1) is 12.9. The summed E-state index contributed by atoms with van der Waals surface area (Å²) in [5.74, 6) is 0.583. The highest BCUT2D eigenvalue weighted by Crippen LogP contribution is 2.29. The van der Waals surface area contributed by atoms with E-state index in [1.54, 1.807) is 7.11 Å². The summed E-state index contributed by atoms with van der Waals surface area (Å²) >= 11 is 0. The largest absolute Gasteiger partial charge is 0.383 e. The van der Waals surface area contributed by atoms with Gasteiger partial charge in [0.25, 0.3) is 0 Å². The van der Waals surface area contributed by atoms with E-state index in [2.05, 4.69) is 39.1 Å². The van der Waals surface area contributed by atoms with Crippen LogP contribution in [-0.4, -0.2) is 42.6 Å². The van der Waals surface area contributed by atoms with Gasteiger partial charge in [-0.25, -0.2) is 0 Å². The van der Waals surface area contributed by atoms with Crippen LogP contribution in [0.3, 0.4) is 0 Å². The Hall–Kier alpha value is -2.14. The predicted octanol–water partition coefficient (Wildman–Crippen LogP) is 1.55. The van der Waals surface area contributed by atoms with E-state index in [1.165, 1.54) is 5.56 Å². The molecule has 0 bridgehead atoms. The quantitative estimate of drug-likeness (QED) is 0.915. The molecule has 5 heteroatoms. The minimum atomic E-state index is 0.142. The molecular formula is C15H18N4O. The van der Waals surface area contributed by atoms with Gasteiger partial charge in [-0.3, -0.25) is 9.98 Å². The standard InChI is InChI=1S/C15H18N4O/c1-20-9-8-19-13(10-18-15(19)16)12-6-2-4-11-5-3-7-17-14(11)12/h2-7,13H,8-10H2,1H3,(H2,16,18). The van der Waals surface area contributed by atoms with E-state index >= 15 is 0 Å². The van der Waals surface area contributed by atoms with Crippen LogP contribution in [0.25, 0.3) is 10.9 Å². The summed E-state index contributed by atoms with van der Waals surface area (Å²) in [5, 5.41) is 1.14. The number of hydrogen-bond donors (Lipinski definition) is 1. The Kier molecular flexibility index (Phi) is 3.52. The molecule has 104 valence electrons. The van der Waals surface area contributed by atoms with Crippen molar-refractivity contribution in [3.8, 4) is 0 Å². The van der Waals surface area contributed by atoms with E-state index in [4.69, 9.17) is 10.5 Å². The normalized spacial score (nSPS) is 18.6. The number of pyridine rings is 1. The molecule has 0 spiro atoms. The van der Waals surface area contributed by atoms with Crippen LogP contribution in [0.1, 0.15) is 11.6 Å². The molecule has 1 atom stereocenters. The van der Waals surface area contributed by atoms with E-state index in [1.807, 2.05) is 12.3 Å². The van der Waals surface area contributed by atoms with Crippen molar-refractivity contribution in [2.45, 2.75) is 6.04 Å². The van der Waals surface area contributed by atoms with Gasteiger partial charge >= 0.3 is 0 Å². The number of benzene rings is 1. The third-order valence-electron chi connectivity index (χ3n) is 3.66. The third-order valence-corrected chi connectivity index (χ3v) is 3.66. The fourth-order valence-electron chi connectivity index (χ4n) is 2.65. The lowest BCUT2D eigenvalue weighted by Gasteiger charge is -2.26. The monoisotopic (exact) mass is 270 g/mol. The number of rotatable bonds is 4. The molecule has 5 nitrogen and oxygen atoms in total. The van der Waals surface area contributed by atoms with Crippen molar-refractivity contribution >= 4 is 16.9 Å². The summed E-state index contributed by atoms with van der Waals surface area (Å²) in [6.07, 6.45) is 1.82. The lowest BCUT2D eigenvalue weighted by molar-refractivity contribution is 0.167. The van der Waals surface area contributed by atoms with Crippen molar-refractivity contribution in [2.24, 2.45) is 10.7 Å². The minimum Gasteiger partial charge on any atom is -0.383 e. The molecule has 0 saturated heterocycles. The van der Waals surface area contributed by atoms with Crippen LogP contribution in [-0.2, 0) is 4.74 Å². The van der Waals surface area contributed by atoms with Gasteiger partial charge in [-0.15, -0.1) is 0 Å². The maximum absolute atomic E-state index is 5.99. The average Bonchev–Trinajstić information content (AvgIpc) is 2.85. The number of aromatic nitrogens is 1. The summed E-state index contributed by atoms with van der Waals surface area (Å²) in [7, 11) is 1.69. The van der Waals surface area contributed by atoms with Crippen LogP contribution < -0.4 is 5.73 Å². The zero-order chi connectivity index (χ0) is 13.9. The van der Waals surface area contributed by atoms with E-state index < -0.39 is 0 Å². The van der Waals surface area contributed by atoms with Gasteiger partial charge < -0.3 is 15.4 Å². The summed E-state index contributed by atoms with van der Waals surface area (Å²) in [6, 6.07) is 10.4. The number of fused-ring (bicyclic) bond motifs is 1. The number of ether oxygens (including phenoxy) is 1. The third kappa shape index (κ3) is 2.20. The molecule has 0 amide bonds. The molecule has 1 aliphatic heterocycles. The molecule has 0 fully saturated rings. The van der Waals surface area contributed by atoms with Gasteiger partial charge in [0.15, 0.2) is 5.96 Å². The summed E-state index contributed by atoms with van der Waals surface area (Å²) in [4.78, 5) is 11.0. The predicted molar refractivity (Wildman–Crippen MR) is 79.6 cm³/mol. The Balaban J connectivity index is 1.98. The van der Waals surface area contributed by atoms with E-state index in [9.17, 15) is 0 Å². The second-order valence-corrected chi connectivity index (χ2v) is 4.82. The SMILES string of the molecule is COCCN1C(N)=NCC1c1cccc2cccnc12. The molecule has 0 radical (unpaired) electrons. The smallest absolute Gasteiger partial charge is 0.192 e. The molecule has 1 aromatic heterocycles. The molecule has 1 aromatic carbocycles. The fourth-order valence-corrected chi connectivity index (χ4v) is 2.65. The van der Waals surface area contributed by atoms with Gasteiger partial charge in [-0.05, 0) is 6.07 Å². The van der Waals surface area contributed by atoms with Crippen molar-refractivity contribution in [3.63, 3.8) is 0 Å². The van der Waals surface area contributed by atoms with Gasteiger partial charge in [0, 0.05) is 30.8 Å². The Morgan fingerprint density at radius 2 is 2.20 bits per heavy atom. The van der Waals surface area contributed by atoms with Crippen LogP contribution in [0, 0.1) is 0 Å². The van der Waals surface area contributed by atoms with Gasteiger partial charge in [-0.2, -0.15) is 0 Å². The lowest BCUT2D eigenvalue weighted by Crippen LogP contribution is -2.38. The van der Waals surface area contributed by atoms with Crippen molar-refractivity contribution in [2.75, 3.05) is 26.8 Å². The van der Waals surface area contributed by atoms with Gasteiger partial charge in [0.1, 0.15) is 0 Å². The van der Waals surface area contributed by atoms with Crippen molar-refractivity contribution in [3.05, 3.63) is 42.1 Å². The zero-order valence-corrected chi connectivity index (χ0v) is 11.5. The van der Waals surface area contributed by atoms with Gasteiger partial charge in [0.05, 0.1) is 24.7 Å². The maximum atomic E-state index is 5.99. The number of nitrogens with two attached hydrogens (primary N) is 1. The number of aliphatic imine (C=N–C) groups is 1. The highest BCUT2D eigenvalue weighted by Gasteiger charge is 2.28. The highest BCUT2D eigenvalue weighted by molar-refractivity contribution is 5.85. The number of nitrogens with zero attached hydrogens (tertiary/aromatic N) is 3. The molecule has 20 heavy (non-hydrogen) atoms. The van der Waals surface area contributed by atoms with Gasteiger partial charge in [-0.1, -0.05) is 24.3 Å². The van der Waals surface area contributed by atoms with E-state index in [0.717, 1.165) is 17.4 Å². The molecule has 2 N–H and O–H groups in total. The van der Waals surface area contributed by atoms with Crippen LogP contribution in [0.15, 0.2) is 41.5 Å². The van der Waals surface area contributed by atoms with Gasteiger partial charge in [0.2, 0.25) is 0 Å². The summed E-state index contributed by atoms with van der Waals surface area (Å²) in [5.41, 5.74) is 8.18. The van der Waals surface area contributed by atoms with E-state index in [0.29, 0.717) is 19.1 Å². The second-order valence-electron chi connectivity index (χ2n) is 4.82. The fraction of sp³-hybridized carbons (Fsp3) is 0.333. The molecule has 2 aromatic rings. The first-order valence-electron chi connectivity index (χ1n) is 6.70. The maximum Gasteiger partial charge on any atom is 0.192 e. The zero-order valence-electron chi connectivity index (χ0n) is 11.5. The minimum absolute atomic E-state index is 0.142. The Morgan fingerprint density at radius 3 is 3.05 bits per heavy atom. The molecule has 3 rings (SSSR count). The van der Waals surface area contributed by atoms with Crippen molar-refractivity contribution in [1.82, 2.24) is 9.88 Å². The number of methoxy groups -OCH3 is 1. The summed E-state index contributed by atoms with van der Waals surface area (Å²) < 4.78 is 5.16. The summed E-state index contributed by atoms with van der Waals surface area (Å²) in [6.45, 7) is 2.04. The second kappa shape index (κ2) is 5.46. The number of para-hydroxylation sites is 1. The average molecular weight is 270 g/mol. The molecular weight excluding hydrogens is 252 g/mol. The Morgan fingerprint density at radius 1 is 1.35 bits per heavy atom. The number of guanidine groups is 1. The van der Waals surface area contributed by atoms with Crippen LogP contribution >= 0.6 is 0 Å².